The maximum Gasteiger partial charge on any atom is 0.276 e. The maximum atomic E-state index is 10.7. The number of nitrogens with one attached hydrogen (secondary N) is 1. The first-order chi connectivity index (χ1) is 9.13. The van der Waals surface area contributed by atoms with Crippen molar-refractivity contribution in [1.82, 2.24) is 4.98 Å². The second-order valence-electron chi connectivity index (χ2n) is 4.12. The monoisotopic (exact) mass is 303 g/mol. The van der Waals surface area contributed by atoms with Crippen LogP contribution in [0.2, 0.25) is 5.15 Å². The lowest BCUT2D eigenvalue weighted by molar-refractivity contribution is -0.384. The van der Waals surface area contributed by atoms with Crippen molar-refractivity contribution in [3.63, 3.8) is 0 Å². The van der Waals surface area contributed by atoms with Crippen LogP contribution in [0.1, 0.15) is 25.7 Å². The van der Waals surface area contributed by atoms with Crippen LogP contribution < -0.4 is 5.32 Å². The number of hydrogen-bond acceptors (Lipinski definition) is 5. The summed E-state index contributed by atoms with van der Waals surface area (Å²) >= 11 is 7.60. The number of hydrogen-bond donors (Lipinski definition) is 1. The minimum atomic E-state index is -0.471. The maximum absolute atomic E-state index is 10.7. The highest BCUT2D eigenvalue weighted by atomic mass is 35.5. The summed E-state index contributed by atoms with van der Waals surface area (Å²) < 4.78 is 0. The van der Waals surface area contributed by atoms with Gasteiger partial charge in [0.25, 0.3) is 5.69 Å². The minimum absolute atomic E-state index is 0.0394. The largest absolute Gasteiger partial charge is 0.370 e. The van der Waals surface area contributed by atoms with Gasteiger partial charge >= 0.3 is 0 Å². The van der Waals surface area contributed by atoms with Crippen LogP contribution in [0.5, 0.6) is 0 Å². The van der Waals surface area contributed by atoms with E-state index < -0.39 is 4.92 Å². The molecule has 1 rings (SSSR count). The van der Waals surface area contributed by atoms with E-state index in [-0.39, 0.29) is 10.8 Å². The summed E-state index contributed by atoms with van der Waals surface area (Å²) in [4.78, 5) is 14.2. The number of nitro groups is 1. The molecule has 0 bridgehead atoms. The molecule has 0 spiro atoms. The van der Waals surface area contributed by atoms with E-state index in [2.05, 4.69) is 16.6 Å². The van der Waals surface area contributed by atoms with Gasteiger partial charge in [-0.2, -0.15) is 11.8 Å². The second-order valence-corrected chi connectivity index (χ2v) is 5.50. The van der Waals surface area contributed by atoms with Gasteiger partial charge in [-0.25, -0.2) is 4.98 Å². The van der Waals surface area contributed by atoms with Crippen molar-refractivity contribution in [2.24, 2.45) is 0 Å². The molecule has 1 N–H and O–H groups in total. The first-order valence-electron chi connectivity index (χ1n) is 6.18. The number of halogens is 1. The Hall–Kier alpha value is -1.01. The summed E-state index contributed by atoms with van der Waals surface area (Å²) in [7, 11) is 0. The molecule has 0 saturated heterocycles. The number of nitrogens with zero attached hydrogens (tertiary/aromatic N) is 2. The van der Waals surface area contributed by atoms with Gasteiger partial charge < -0.3 is 5.32 Å². The number of aromatic nitrogens is 1. The number of thioether (sulfide) groups is 1. The second kappa shape index (κ2) is 8.98. The van der Waals surface area contributed by atoms with Gasteiger partial charge in [-0.05, 0) is 24.9 Å². The van der Waals surface area contributed by atoms with Gasteiger partial charge in [0.2, 0.25) is 0 Å². The lowest BCUT2D eigenvalue weighted by atomic mass is 10.2. The summed E-state index contributed by atoms with van der Waals surface area (Å²) in [6, 6.07) is 2.65. The van der Waals surface area contributed by atoms with Crippen molar-refractivity contribution in [2.75, 3.05) is 23.9 Å². The number of pyridine rings is 1. The molecular weight excluding hydrogens is 286 g/mol. The summed E-state index contributed by atoms with van der Waals surface area (Å²) in [5.41, 5.74) is -0.0394. The van der Waals surface area contributed by atoms with E-state index in [1.54, 1.807) is 0 Å². The summed E-state index contributed by atoms with van der Waals surface area (Å²) in [5, 5.41) is 13.9. The predicted molar refractivity (Wildman–Crippen MR) is 81.2 cm³/mol. The lowest BCUT2D eigenvalue weighted by Gasteiger charge is -2.05. The molecule has 0 amide bonds. The fourth-order valence-electron chi connectivity index (χ4n) is 1.62. The van der Waals surface area contributed by atoms with Crippen molar-refractivity contribution in [1.29, 1.82) is 0 Å². The molecule has 5 nitrogen and oxygen atoms in total. The smallest absolute Gasteiger partial charge is 0.276 e. The Morgan fingerprint density at radius 3 is 2.79 bits per heavy atom. The summed E-state index contributed by atoms with van der Waals surface area (Å²) in [6.45, 7) is 0.754. The van der Waals surface area contributed by atoms with Crippen LogP contribution in [-0.4, -0.2) is 28.5 Å². The Kier molecular flexibility index (Phi) is 7.59. The first kappa shape index (κ1) is 16.0. The molecule has 1 aromatic heterocycles. The number of rotatable bonds is 9. The lowest BCUT2D eigenvalue weighted by Crippen LogP contribution is -2.04. The molecular formula is C12H18ClN3O2S. The number of unbranched alkanes of at least 4 members (excludes halogenated alkanes) is 3. The van der Waals surface area contributed by atoms with Gasteiger partial charge in [0.1, 0.15) is 11.0 Å². The van der Waals surface area contributed by atoms with Crippen LogP contribution >= 0.6 is 23.4 Å². The zero-order valence-corrected chi connectivity index (χ0v) is 12.5. The topological polar surface area (TPSA) is 68.1 Å². The Balaban J connectivity index is 2.31. The van der Waals surface area contributed by atoms with Crippen LogP contribution in [0.25, 0.3) is 0 Å². The van der Waals surface area contributed by atoms with Gasteiger partial charge in [-0.1, -0.05) is 24.4 Å². The van der Waals surface area contributed by atoms with Crippen molar-refractivity contribution < 1.29 is 4.92 Å². The molecule has 0 aliphatic carbocycles. The highest BCUT2D eigenvalue weighted by Gasteiger charge is 2.09. The van der Waals surface area contributed by atoms with Crippen molar-refractivity contribution in [3.8, 4) is 0 Å². The minimum Gasteiger partial charge on any atom is -0.370 e. The van der Waals surface area contributed by atoms with Crippen LogP contribution in [0.15, 0.2) is 12.1 Å². The standard InChI is InChI=1S/C12H18ClN3O2S/c1-19-7-5-3-2-4-6-14-12-9-10(16(17)18)8-11(13)15-12/h8-9H,2-7H2,1H3,(H,14,15). The normalized spacial score (nSPS) is 10.4. The summed E-state index contributed by atoms with van der Waals surface area (Å²) in [5.74, 6) is 1.67. The van der Waals surface area contributed by atoms with Gasteiger partial charge in [0.05, 0.1) is 17.1 Å². The SMILES string of the molecule is CSCCCCCCNc1cc([N+](=O)[O-])cc(Cl)n1. The van der Waals surface area contributed by atoms with Gasteiger partial charge in [0, 0.05) is 6.54 Å². The molecule has 0 aliphatic rings. The molecule has 0 unspecified atom stereocenters. The van der Waals surface area contributed by atoms with Crippen molar-refractivity contribution in [3.05, 3.63) is 27.4 Å². The molecule has 0 atom stereocenters. The Labute approximate surface area is 122 Å². The molecule has 0 radical (unpaired) electrons. The summed E-state index contributed by atoms with van der Waals surface area (Å²) in [6.07, 6.45) is 6.74. The van der Waals surface area contributed by atoms with Crippen LogP contribution in [0.3, 0.4) is 0 Å². The average Bonchev–Trinajstić information content (AvgIpc) is 2.37. The highest BCUT2D eigenvalue weighted by Crippen LogP contribution is 2.20. The molecule has 0 saturated carbocycles. The Morgan fingerprint density at radius 2 is 2.11 bits per heavy atom. The quantitative estimate of drug-likeness (QED) is 0.323. The third-order valence-corrected chi connectivity index (χ3v) is 3.46. The molecule has 1 heterocycles. The Morgan fingerprint density at radius 1 is 1.37 bits per heavy atom. The van der Waals surface area contributed by atoms with Gasteiger partial charge in [0.15, 0.2) is 0 Å². The Bertz CT molecular complexity index is 418. The molecule has 0 aliphatic heterocycles. The zero-order valence-electron chi connectivity index (χ0n) is 10.9. The van der Waals surface area contributed by atoms with E-state index in [1.807, 2.05) is 11.8 Å². The van der Waals surface area contributed by atoms with Gasteiger partial charge in [-0.15, -0.1) is 0 Å². The van der Waals surface area contributed by atoms with Crippen molar-refractivity contribution in [2.45, 2.75) is 25.7 Å². The van der Waals surface area contributed by atoms with Crippen LogP contribution in [0.4, 0.5) is 11.5 Å². The number of anilines is 1. The fraction of sp³-hybridized carbons (Fsp3) is 0.583. The van der Waals surface area contributed by atoms with E-state index in [1.165, 1.54) is 30.7 Å². The molecule has 19 heavy (non-hydrogen) atoms. The fourth-order valence-corrected chi connectivity index (χ4v) is 2.32. The van der Waals surface area contributed by atoms with E-state index in [4.69, 9.17) is 11.6 Å². The molecule has 7 heteroatoms. The third kappa shape index (κ3) is 6.63. The first-order valence-corrected chi connectivity index (χ1v) is 7.95. The predicted octanol–water partition coefficient (Wildman–Crippen LogP) is 3.98. The molecule has 106 valence electrons. The highest BCUT2D eigenvalue weighted by molar-refractivity contribution is 7.98. The average molecular weight is 304 g/mol. The van der Waals surface area contributed by atoms with Gasteiger partial charge in [-0.3, -0.25) is 10.1 Å². The molecule has 1 aromatic rings. The van der Waals surface area contributed by atoms with E-state index in [9.17, 15) is 10.1 Å². The van der Waals surface area contributed by atoms with Crippen LogP contribution in [0, 0.1) is 10.1 Å². The van der Waals surface area contributed by atoms with Crippen molar-refractivity contribution >= 4 is 34.9 Å². The van der Waals surface area contributed by atoms with Crippen LogP contribution in [-0.2, 0) is 0 Å². The molecule has 0 aromatic carbocycles. The zero-order chi connectivity index (χ0) is 14.1. The third-order valence-electron chi connectivity index (χ3n) is 2.57. The van der Waals surface area contributed by atoms with E-state index in [0.717, 1.165) is 19.4 Å². The van der Waals surface area contributed by atoms with E-state index >= 15 is 0 Å². The van der Waals surface area contributed by atoms with E-state index in [0.29, 0.717) is 5.82 Å². The molecule has 0 fully saturated rings.